The van der Waals surface area contributed by atoms with E-state index in [0.29, 0.717) is 25.4 Å². The van der Waals surface area contributed by atoms with Gasteiger partial charge in [-0.3, -0.25) is 0 Å². The summed E-state index contributed by atoms with van der Waals surface area (Å²) >= 11 is 0. The molecule has 0 N–H and O–H groups in total. The van der Waals surface area contributed by atoms with Crippen LogP contribution in [0.3, 0.4) is 0 Å². The van der Waals surface area contributed by atoms with Crippen molar-refractivity contribution in [3.63, 3.8) is 0 Å². The van der Waals surface area contributed by atoms with Gasteiger partial charge >= 0.3 is 12.3 Å². The molecular formula is C29H29F3N2O2. The van der Waals surface area contributed by atoms with E-state index in [-0.39, 0.29) is 0 Å². The first-order valence-electron chi connectivity index (χ1n) is 11.9. The van der Waals surface area contributed by atoms with E-state index >= 15 is 0 Å². The fourth-order valence-corrected chi connectivity index (χ4v) is 4.53. The number of hydrogen-bond acceptors (Lipinski definition) is 2. The molecular weight excluding hydrogens is 465 g/mol. The number of carbonyl (C=O) groups excluding carboxylic acids is 1. The summed E-state index contributed by atoms with van der Waals surface area (Å²) in [6.45, 7) is 9.34. The number of halogens is 3. The van der Waals surface area contributed by atoms with Crippen molar-refractivity contribution in [2.24, 2.45) is 0 Å². The molecule has 0 aliphatic heterocycles. The fraction of sp³-hybridized carbons (Fsp3) is 0.276. The van der Waals surface area contributed by atoms with Gasteiger partial charge in [0.2, 0.25) is 0 Å². The van der Waals surface area contributed by atoms with Gasteiger partial charge in [0.15, 0.2) is 0 Å². The molecule has 0 bridgehead atoms. The number of carbonyl (C=O) groups is 1. The van der Waals surface area contributed by atoms with Crippen molar-refractivity contribution in [1.29, 1.82) is 0 Å². The lowest BCUT2D eigenvalue weighted by atomic mass is 9.97. The molecule has 4 aromatic rings. The predicted molar refractivity (Wildman–Crippen MR) is 136 cm³/mol. The van der Waals surface area contributed by atoms with Gasteiger partial charge in [0.1, 0.15) is 5.75 Å². The summed E-state index contributed by atoms with van der Waals surface area (Å²) in [4.78, 5) is 14.4. The summed E-state index contributed by atoms with van der Waals surface area (Å²) in [5.74, 6) is 0.469. The highest BCUT2D eigenvalue weighted by atomic mass is 19.4. The minimum Gasteiger partial charge on any atom is -0.410 e. The van der Waals surface area contributed by atoms with Crippen LogP contribution in [0.1, 0.15) is 36.1 Å². The average Bonchev–Trinajstić information content (AvgIpc) is 3.21. The highest BCUT2D eigenvalue weighted by Gasteiger charge is 2.30. The van der Waals surface area contributed by atoms with E-state index < -0.39 is 17.8 Å². The van der Waals surface area contributed by atoms with Gasteiger partial charge in [0, 0.05) is 42.3 Å². The highest BCUT2D eigenvalue weighted by molar-refractivity contribution is 6.00. The second-order valence-electron chi connectivity index (χ2n) is 8.93. The van der Waals surface area contributed by atoms with Gasteiger partial charge in [0.25, 0.3) is 0 Å². The molecule has 4 nitrogen and oxygen atoms in total. The lowest BCUT2D eigenvalue weighted by molar-refractivity contribution is -0.137. The maximum atomic E-state index is 12.9. The van der Waals surface area contributed by atoms with Crippen LogP contribution >= 0.6 is 0 Å². The first-order chi connectivity index (χ1) is 17.1. The Hall–Kier alpha value is -3.74. The second kappa shape index (κ2) is 10.1. The molecule has 1 heterocycles. The van der Waals surface area contributed by atoms with E-state index in [9.17, 15) is 18.0 Å². The SMILES string of the molecule is CCN(CC)C(=O)Oc1ccc2c(ccn2Cc2ccc(C(F)(F)F)cc2)c1-c1cc(C)cc(C)c1. The van der Waals surface area contributed by atoms with Crippen molar-refractivity contribution >= 4 is 17.0 Å². The molecule has 0 radical (unpaired) electrons. The Bertz CT molecular complexity index is 1360. The topological polar surface area (TPSA) is 34.5 Å². The van der Waals surface area contributed by atoms with Gasteiger partial charge in [0.05, 0.1) is 5.56 Å². The van der Waals surface area contributed by atoms with Gasteiger partial charge < -0.3 is 14.2 Å². The summed E-state index contributed by atoms with van der Waals surface area (Å²) in [7, 11) is 0. The van der Waals surface area contributed by atoms with Gasteiger partial charge in [-0.1, -0.05) is 41.5 Å². The molecule has 188 valence electrons. The molecule has 0 aliphatic rings. The third-order valence-corrected chi connectivity index (χ3v) is 6.28. The van der Waals surface area contributed by atoms with Gasteiger partial charge in [-0.05, 0) is 69.2 Å². The van der Waals surface area contributed by atoms with E-state index in [4.69, 9.17) is 4.74 Å². The van der Waals surface area contributed by atoms with Crippen LogP contribution in [0.15, 0.2) is 66.9 Å². The minimum atomic E-state index is -4.36. The Labute approximate surface area is 208 Å². The Kier molecular flexibility index (Phi) is 7.11. The zero-order valence-electron chi connectivity index (χ0n) is 20.8. The molecule has 0 fully saturated rings. The number of fused-ring (bicyclic) bond motifs is 1. The minimum absolute atomic E-state index is 0.408. The van der Waals surface area contributed by atoms with E-state index in [0.717, 1.165) is 50.9 Å². The molecule has 36 heavy (non-hydrogen) atoms. The number of rotatable bonds is 6. The Morgan fingerprint density at radius 2 is 1.56 bits per heavy atom. The van der Waals surface area contributed by atoms with Crippen molar-refractivity contribution in [1.82, 2.24) is 9.47 Å². The predicted octanol–water partition coefficient (Wildman–Crippen LogP) is 7.83. The molecule has 1 amide bonds. The smallest absolute Gasteiger partial charge is 0.410 e. The third-order valence-electron chi connectivity index (χ3n) is 6.28. The molecule has 0 spiro atoms. The van der Waals surface area contributed by atoms with E-state index in [1.54, 1.807) is 11.0 Å². The lowest BCUT2D eigenvalue weighted by Gasteiger charge is -2.20. The number of amides is 1. The number of aryl methyl sites for hydroxylation is 2. The van der Waals surface area contributed by atoms with Gasteiger partial charge in [-0.25, -0.2) is 4.79 Å². The highest BCUT2D eigenvalue weighted by Crippen LogP contribution is 2.39. The summed E-state index contributed by atoms with van der Waals surface area (Å²) in [6.07, 6.45) is -2.86. The monoisotopic (exact) mass is 494 g/mol. The zero-order chi connectivity index (χ0) is 26.0. The summed E-state index contributed by atoms with van der Waals surface area (Å²) in [5.41, 5.74) is 4.91. The Morgan fingerprint density at radius 3 is 2.14 bits per heavy atom. The second-order valence-corrected chi connectivity index (χ2v) is 8.93. The zero-order valence-corrected chi connectivity index (χ0v) is 20.8. The molecule has 0 saturated heterocycles. The molecule has 1 aromatic heterocycles. The molecule has 3 aromatic carbocycles. The van der Waals surface area contributed by atoms with Crippen LogP contribution in [-0.4, -0.2) is 28.6 Å². The summed E-state index contributed by atoms with van der Waals surface area (Å²) in [6, 6.07) is 17.0. The van der Waals surface area contributed by atoms with Crippen LogP contribution in [0.25, 0.3) is 22.0 Å². The van der Waals surface area contributed by atoms with Gasteiger partial charge in [-0.15, -0.1) is 0 Å². The standard InChI is InChI=1S/C29H29F3N2O2/c1-5-33(6-2)28(35)36-26-12-11-25-24(27(26)22-16-19(3)15-20(4)17-22)13-14-34(25)18-21-7-9-23(10-8-21)29(30,31)32/h7-17H,5-6,18H2,1-4H3. The quantitative estimate of drug-likeness (QED) is 0.274. The Balaban J connectivity index is 1.79. The van der Waals surface area contributed by atoms with E-state index in [2.05, 4.69) is 18.2 Å². The Morgan fingerprint density at radius 1 is 0.917 bits per heavy atom. The molecule has 4 rings (SSSR count). The fourth-order valence-electron chi connectivity index (χ4n) is 4.53. The van der Waals surface area contributed by atoms with Crippen molar-refractivity contribution in [2.45, 2.75) is 40.4 Å². The van der Waals surface area contributed by atoms with Crippen LogP contribution in [0, 0.1) is 13.8 Å². The third kappa shape index (κ3) is 5.25. The summed E-state index contributed by atoms with van der Waals surface area (Å²) < 4.78 is 46.7. The first-order valence-corrected chi connectivity index (χ1v) is 11.9. The molecule has 0 aliphatic carbocycles. The van der Waals surface area contributed by atoms with E-state index in [1.165, 1.54) is 12.1 Å². The van der Waals surface area contributed by atoms with Crippen molar-refractivity contribution in [2.75, 3.05) is 13.1 Å². The normalized spacial score (nSPS) is 11.6. The number of hydrogen-bond donors (Lipinski definition) is 0. The first kappa shape index (κ1) is 25.4. The molecule has 7 heteroatoms. The van der Waals surface area contributed by atoms with Crippen molar-refractivity contribution < 1.29 is 22.7 Å². The largest absolute Gasteiger partial charge is 0.416 e. The number of aromatic nitrogens is 1. The maximum absolute atomic E-state index is 12.9. The van der Waals surface area contributed by atoms with Crippen LogP contribution in [-0.2, 0) is 12.7 Å². The van der Waals surface area contributed by atoms with Crippen LogP contribution in [0.2, 0.25) is 0 Å². The molecule has 0 saturated carbocycles. The molecule has 0 atom stereocenters. The molecule has 0 unspecified atom stereocenters. The van der Waals surface area contributed by atoms with Crippen molar-refractivity contribution in [3.8, 4) is 16.9 Å². The van der Waals surface area contributed by atoms with Crippen molar-refractivity contribution in [3.05, 3.63) is 89.1 Å². The lowest BCUT2D eigenvalue weighted by Crippen LogP contribution is -2.33. The number of benzene rings is 3. The summed E-state index contributed by atoms with van der Waals surface area (Å²) in [5, 5.41) is 0.900. The maximum Gasteiger partial charge on any atom is 0.416 e. The number of nitrogens with zero attached hydrogens (tertiary/aromatic N) is 2. The average molecular weight is 495 g/mol. The van der Waals surface area contributed by atoms with Crippen LogP contribution < -0.4 is 4.74 Å². The van der Waals surface area contributed by atoms with E-state index in [1.807, 2.05) is 50.6 Å². The van der Waals surface area contributed by atoms with Crippen LogP contribution in [0.4, 0.5) is 18.0 Å². The van der Waals surface area contributed by atoms with Crippen LogP contribution in [0.5, 0.6) is 5.75 Å². The number of alkyl halides is 3. The van der Waals surface area contributed by atoms with Gasteiger partial charge in [-0.2, -0.15) is 13.2 Å². The number of ether oxygens (including phenoxy) is 1.